The Morgan fingerprint density at radius 2 is 1.70 bits per heavy atom. The minimum atomic E-state index is -1.49. The monoisotopic (exact) mass is 414 g/mol. The second-order valence-electron chi connectivity index (χ2n) is 7.68. The molecule has 0 aliphatic carbocycles. The maximum Gasteiger partial charge on any atom is 0.326 e. The van der Waals surface area contributed by atoms with Crippen LogP contribution in [0, 0.1) is 0 Å². The van der Waals surface area contributed by atoms with E-state index in [0.29, 0.717) is 23.1 Å². The van der Waals surface area contributed by atoms with Crippen molar-refractivity contribution in [3.63, 3.8) is 0 Å². The molecule has 8 heteroatoms. The maximum atomic E-state index is 12.7. The van der Waals surface area contributed by atoms with Gasteiger partial charge in [-0.1, -0.05) is 43.3 Å². The van der Waals surface area contributed by atoms with Crippen LogP contribution in [0.25, 0.3) is 11.0 Å². The second kappa shape index (κ2) is 8.33. The Balaban J connectivity index is 1.78. The van der Waals surface area contributed by atoms with Crippen LogP contribution in [0.5, 0.6) is 0 Å². The fourth-order valence-electron chi connectivity index (χ4n) is 4.05. The number of nitrogens with one attached hydrogen (secondary N) is 1. The Hall–Kier alpha value is -2.49. The average molecular weight is 414 g/mol. The molecule has 30 heavy (non-hydrogen) atoms. The summed E-state index contributed by atoms with van der Waals surface area (Å²) in [5, 5.41) is 40.3. The number of aromatic amines is 1. The molecule has 160 valence electrons. The molecule has 5 N–H and O–H groups in total. The number of hydrogen-bond donors (Lipinski definition) is 5. The Kier molecular flexibility index (Phi) is 5.77. The molecule has 5 atom stereocenters. The topological polar surface area (TPSA) is 128 Å². The molecule has 2 aromatic carbocycles. The van der Waals surface area contributed by atoms with E-state index < -0.39 is 37.1 Å². The predicted molar refractivity (Wildman–Crippen MR) is 110 cm³/mol. The van der Waals surface area contributed by atoms with Crippen molar-refractivity contribution in [3.05, 3.63) is 69.6 Å². The van der Waals surface area contributed by atoms with Crippen molar-refractivity contribution in [3.8, 4) is 0 Å². The van der Waals surface area contributed by atoms with E-state index in [2.05, 4.69) is 11.9 Å². The van der Waals surface area contributed by atoms with Gasteiger partial charge in [0.05, 0.1) is 24.2 Å². The summed E-state index contributed by atoms with van der Waals surface area (Å²) in [6.45, 7) is 1.88. The van der Waals surface area contributed by atoms with Crippen LogP contribution in [-0.2, 0) is 17.7 Å². The molecule has 0 amide bonds. The number of hydrogen-bond acceptors (Lipinski definition) is 6. The van der Waals surface area contributed by atoms with E-state index in [1.54, 1.807) is 22.8 Å². The molecule has 0 radical (unpaired) electrons. The highest BCUT2D eigenvalue weighted by atomic mass is 16.5. The highest BCUT2D eigenvalue weighted by Crippen LogP contribution is 2.35. The van der Waals surface area contributed by atoms with E-state index in [-0.39, 0.29) is 5.69 Å². The van der Waals surface area contributed by atoms with Gasteiger partial charge in [0.15, 0.2) is 0 Å². The molecule has 1 aliphatic heterocycles. The first-order chi connectivity index (χ1) is 14.4. The molecule has 3 aromatic rings. The van der Waals surface area contributed by atoms with Crippen molar-refractivity contribution >= 4 is 11.0 Å². The first-order valence-corrected chi connectivity index (χ1v) is 10.0. The highest BCUT2D eigenvalue weighted by Gasteiger charge is 2.44. The molecule has 0 spiro atoms. The van der Waals surface area contributed by atoms with Crippen LogP contribution in [0.15, 0.2) is 47.3 Å². The number of rotatable bonds is 5. The van der Waals surface area contributed by atoms with Gasteiger partial charge in [0.2, 0.25) is 0 Å². The van der Waals surface area contributed by atoms with Gasteiger partial charge < -0.3 is 30.1 Å². The number of nitrogens with zero attached hydrogens (tertiary/aromatic N) is 1. The first kappa shape index (κ1) is 20.8. The highest BCUT2D eigenvalue weighted by molar-refractivity contribution is 5.79. The smallest absolute Gasteiger partial charge is 0.326 e. The number of aryl methyl sites for hydroxylation is 1. The number of H-pyrrole nitrogens is 1. The zero-order valence-electron chi connectivity index (χ0n) is 16.6. The summed E-state index contributed by atoms with van der Waals surface area (Å²) in [5.41, 5.74) is 3.45. The predicted octanol–water partition coefficient (Wildman–Crippen LogP) is 0.455. The summed E-state index contributed by atoms with van der Waals surface area (Å²) in [5.74, 6) is 0. The third kappa shape index (κ3) is 3.57. The quantitative estimate of drug-likeness (QED) is 0.413. The standard InChI is InChI=1S/C22H26N2O6/c1-2-12-6-8-13(9-7-12)10-24-17-14(4-3-5-15(17)23-22(24)29)21-20(28)19(27)18(26)16(11-25)30-21/h3-9,16,18-21,25-28H,2,10-11H2,1H3,(H,23,29)/t16-,18-,19+,20-,21+/m1/s1. The van der Waals surface area contributed by atoms with Crippen molar-refractivity contribution < 1.29 is 25.2 Å². The summed E-state index contributed by atoms with van der Waals surface area (Å²) < 4.78 is 7.29. The summed E-state index contributed by atoms with van der Waals surface area (Å²) in [4.78, 5) is 15.5. The van der Waals surface area contributed by atoms with Gasteiger partial charge in [0, 0.05) is 5.56 Å². The molecule has 1 saturated heterocycles. The fraction of sp³-hybridized carbons (Fsp3) is 0.409. The Morgan fingerprint density at radius 3 is 2.37 bits per heavy atom. The Labute approximate surface area is 173 Å². The van der Waals surface area contributed by atoms with Crippen molar-refractivity contribution in [1.29, 1.82) is 0 Å². The lowest BCUT2D eigenvalue weighted by atomic mass is 9.90. The average Bonchev–Trinajstić information content (AvgIpc) is 3.08. The third-order valence-corrected chi connectivity index (χ3v) is 5.79. The molecular formula is C22H26N2O6. The molecule has 2 heterocycles. The summed E-state index contributed by atoms with van der Waals surface area (Å²) in [7, 11) is 0. The van der Waals surface area contributed by atoms with Gasteiger partial charge in [-0.15, -0.1) is 0 Å². The molecule has 0 unspecified atom stereocenters. The molecule has 0 saturated carbocycles. The lowest BCUT2D eigenvalue weighted by molar-refractivity contribution is -0.231. The number of imidazole rings is 1. The second-order valence-corrected chi connectivity index (χ2v) is 7.68. The van der Waals surface area contributed by atoms with Gasteiger partial charge in [0.25, 0.3) is 0 Å². The summed E-state index contributed by atoms with van der Waals surface area (Å²) in [6.07, 6.45) is -5.47. The van der Waals surface area contributed by atoms with Crippen molar-refractivity contribution in [1.82, 2.24) is 9.55 Å². The summed E-state index contributed by atoms with van der Waals surface area (Å²) >= 11 is 0. The SMILES string of the molecule is CCc1ccc(Cn2c(=O)[nH]c3cccc([C@@H]4O[C@H](CO)[C@@H](O)[C@H](O)[C@H]4O)c32)cc1. The third-order valence-electron chi connectivity index (χ3n) is 5.79. The Bertz CT molecular complexity index is 1070. The fourth-order valence-corrected chi connectivity index (χ4v) is 4.05. The van der Waals surface area contributed by atoms with Crippen LogP contribution < -0.4 is 5.69 Å². The minimum absolute atomic E-state index is 0.304. The number of aromatic nitrogens is 2. The van der Waals surface area contributed by atoms with Crippen LogP contribution in [0.4, 0.5) is 0 Å². The van der Waals surface area contributed by atoms with Gasteiger partial charge in [-0.3, -0.25) is 4.57 Å². The first-order valence-electron chi connectivity index (χ1n) is 10.0. The normalized spacial score (nSPS) is 26.9. The molecule has 8 nitrogen and oxygen atoms in total. The van der Waals surface area contributed by atoms with E-state index in [1.165, 1.54) is 5.56 Å². The Morgan fingerprint density at radius 1 is 1.00 bits per heavy atom. The number of para-hydroxylation sites is 1. The number of fused-ring (bicyclic) bond motifs is 1. The van der Waals surface area contributed by atoms with Gasteiger partial charge >= 0.3 is 5.69 Å². The zero-order chi connectivity index (χ0) is 21.4. The zero-order valence-corrected chi connectivity index (χ0v) is 16.6. The minimum Gasteiger partial charge on any atom is -0.394 e. The van der Waals surface area contributed by atoms with E-state index in [4.69, 9.17) is 4.74 Å². The maximum absolute atomic E-state index is 12.7. The van der Waals surface area contributed by atoms with Gasteiger partial charge in [0.1, 0.15) is 30.5 Å². The van der Waals surface area contributed by atoms with Crippen LogP contribution in [0.3, 0.4) is 0 Å². The number of aliphatic hydroxyl groups excluding tert-OH is 4. The molecule has 1 aliphatic rings. The van der Waals surface area contributed by atoms with Crippen molar-refractivity contribution in [2.45, 2.75) is 50.4 Å². The number of ether oxygens (including phenoxy) is 1. The summed E-state index contributed by atoms with van der Waals surface area (Å²) in [6, 6.07) is 13.2. The molecule has 1 aromatic heterocycles. The lowest BCUT2D eigenvalue weighted by Gasteiger charge is -2.40. The molecule has 1 fully saturated rings. The van der Waals surface area contributed by atoms with Crippen LogP contribution >= 0.6 is 0 Å². The number of aliphatic hydroxyl groups is 4. The van der Waals surface area contributed by atoms with E-state index >= 15 is 0 Å². The van der Waals surface area contributed by atoms with Gasteiger partial charge in [-0.2, -0.15) is 0 Å². The largest absolute Gasteiger partial charge is 0.394 e. The molecule has 0 bridgehead atoms. The van der Waals surface area contributed by atoms with Gasteiger partial charge in [-0.25, -0.2) is 4.79 Å². The lowest BCUT2D eigenvalue weighted by Crippen LogP contribution is -2.55. The van der Waals surface area contributed by atoms with Crippen LogP contribution in [0.1, 0.15) is 29.7 Å². The van der Waals surface area contributed by atoms with Crippen molar-refractivity contribution in [2.75, 3.05) is 6.61 Å². The van der Waals surface area contributed by atoms with Crippen LogP contribution in [-0.4, -0.2) is 61.0 Å². The van der Waals surface area contributed by atoms with E-state index in [9.17, 15) is 25.2 Å². The van der Waals surface area contributed by atoms with E-state index in [0.717, 1.165) is 12.0 Å². The van der Waals surface area contributed by atoms with Gasteiger partial charge in [-0.05, 0) is 23.6 Å². The molecular weight excluding hydrogens is 388 g/mol. The van der Waals surface area contributed by atoms with Crippen LogP contribution in [0.2, 0.25) is 0 Å². The van der Waals surface area contributed by atoms with Crippen molar-refractivity contribution in [2.24, 2.45) is 0 Å². The molecule has 4 rings (SSSR count). The van der Waals surface area contributed by atoms with E-state index in [1.807, 2.05) is 24.3 Å². The number of benzene rings is 2.